The molecule has 0 aliphatic carbocycles. The summed E-state index contributed by atoms with van der Waals surface area (Å²) in [6.07, 6.45) is 3.65. The fourth-order valence-corrected chi connectivity index (χ4v) is 2.89. The molecule has 0 bridgehead atoms. The van der Waals surface area contributed by atoms with Gasteiger partial charge in [0.1, 0.15) is 0 Å². The Morgan fingerprint density at radius 1 is 1.22 bits per heavy atom. The lowest BCUT2D eigenvalue weighted by Gasteiger charge is -2.25. The van der Waals surface area contributed by atoms with Crippen LogP contribution < -0.4 is 5.56 Å². The molecule has 0 spiro atoms. The Morgan fingerprint density at radius 3 is 2.74 bits per heavy atom. The number of rotatable bonds is 4. The molecule has 3 rings (SSSR count). The molecule has 1 unspecified atom stereocenters. The molecular weight excluding hydrogens is 286 g/mol. The summed E-state index contributed by atoms with van der Waals surface area (Å²) in [5.41, 5.74) is 2.98. The van der Waals surface area contributed by atoms with E-state index >= 15 is 0 Å². The average molecular weight is 307 g/mol. The number of fused-ring (bicyclic) bond motifs is 1. The first-order valence-electron chi connectivity index (χ1n) is 7.75. The van der Waals surface area contributed by atoms with Crippen molar-refractivity contribution in [2.24, 2.45) is 7.05 Å². The predicted molar refractivity (Wildman–Crippen MR) is 93.3 cm³/mol. The van der Waals surface area contributed by atoms with Crippen molar-refractivity contribution in [2.45, 2.75) is 19.5 Å². The monoisotopic (exact) mass is 307 g/mol. The molecule has 0 N–H and O–H groups in total. The zero-order valence-corrected chi connectivity index (χ0v) is 13.7. The average Bonchev–Trinajstić information content (AvgIpc) is 2.59. The molecule has 0 saturated heterocycles. The molecule has 4 heteroatoms. The van der Waals surface area contributed by atoms with Crippen molar-refractivity contribution in [3.63, 3.8) is 0 Å². The molecule has 1 aromatic carbocycles. The third-order valence-electron chi connectivity index (χ3n) is 4.45. The van der Waals surface area contributed by atoms with Gasteiger partial charge in [0.15, 0.2) is 0 Å². The molecule has 1 atom stereocenters. The molecule has 118 valence electrons. The van der Waals surface area contributed by atoms with E-state index in [0.29, 0.717) is 6.54 Å². The maximum absolute atomic E-state index is 12.6. The van der Waals surface area contributed by atoms with E-state index in [4.69, 9.17) is 0 Å². The normalized spacial score (nSPS) is 12.7. The van der Waals surface area contributed by atoms with E-state index in [1.165, 1.54) is 0 Å². The summed E-state index contributed by atoms with van der Waals surface area (Å²) in [4.78, 5) is 18.9. The lowest BCUT2D eigenvalue weighted by atomic mass is 10.1. The van der Waals surface area contributed by atoms with Crippen molar-refractivity contribution in [2.75, 3.05) is 7.05 Å². The fourth-order valence-electron chi connectivity index (χ4n) is 2.89. The van der Waals surface area contributed by atoms with Gasteiger partial charge in [-0.15, -0.1) is 0 Å². The van der Waals surface area contributed by atoms with Crippen LogP contribution in [0.1, 0.15) is 24.1 Å². The van der Waals surface area contributed by atoms with E-state index in [2.05, 4.69) is 22.9 Å². The molecule has 3 aromatic rings. The van der Waals surface area contributed by atoms with Crippen LogP contribution in [0.15, 0.2) is 59.7 Å². The van der Waals surface area contributed by atoms with Crippen LogP contribution in [0.4, 0.5) is 0 Å². The van der Waals surface area contributed by atoms with Crippen molar-refractivity contribution < 1.29 is 0 Å². The first kappa shape index (κ1) is 15.4. The Balaban J connectivity index is 1.92. The molecule has 2 heterocycles. The summed E-state index contributed by atoms with van der Waals surface area (Å²) in [5.74, 6) is 0. The fraction of sp³-hybridized carbons (Fsp3) is 0.263. The SMILES string of the molecule is CC(c1cccnc1)N(C)Cc1cc2ccccc2n(C)c1=O. The van der Waals surface area contributed by atoms with Crippen molar-refractivity contribution in [1.29, 1.82) is 0 Å². The predicted octanol–water partition coefficient (Wildman–Crippen LogP) is 3.13. The molecule has 4 nitrogen and oxygen atoms in total. The van der Waals surface area contributed by atoms with Crippen LogP contribution in [0.3, 0.4) is 0 Å². The van der Waals surface area contributed by atoms with Crippen molar-refractivity contribution in [1.82, 2.24) is 14.5 Å². The van der Waals surface area contributed by atoms with E-state index < -0.39 is 0 Å². The standard InChI is InChI=1S/C19H21N3O/c1-14(16-8-6-10-20-12-16)21(2)13-17-11-15-7-4-5-9-18(15)22(3)19(17)23/h4-12,14H,13H2,1-3H3. The Kier molecular flexibility index (Phi) is 4.26. The van der Waals surface area contributed by atoms with Gasteiger partial charge in [-0.25, -0.2) is 0 Å². The number of aryl methyl sites for hydroxylation is 1. The number of hydrogen-bond donors (Lipinski definition) is 0. The van der Waals surface area contributed by atoms with Crippen molar-refractivity contribution in [3.8, 4) is 0 Å². The van der Waals surface area contributed by atoms with Crippen LogP contribution in [0, 0.1) is 0 Å². The van der Waals surface area contributed by atoms with Crippen molar-refractivity contribution in [3.05, 3.63) is 76.3 Å². The van der Waals surface area contributed by atoms with Crippen molar-refractivity contribution >= 4 is 10.9 Å². The zero-order valence-electron chi connectivity index (χ0n) is 13.7. The highest BCUT2D eigenvalue weighted by Gasteiger charge is 2.15. The molecule has 0 fully saturated rings. The highest BCUT2D eigenvalue weighted by Crippen LogP contribution is 2.20. The number of para-hydroxylation sites is 1. The Bertz CT molecular complexity index is 871. The van der Waals surface area contributed by atoms with Gasteiger partial charge in [-0.2, -0.15) is 0 Å². The van der Waals surface area contributed by atoms with Gasteiger partial charge in [0, 0.05) is 37.6 Å². The first-order valence-corrected chi connectivity index (χ1v) is 7.75. The molecule has 0 radical (unpaired) electrons. The van der Waals surface area contributed by atoms with Crippen LogP contribution in [0.2, 0.25) is 0 Å². The Labute approximate surface area is 136 Å². The maximum Gasteiger partial charge on any atom is 0.255 e. The van der Waals surface area contributed by atoms with Gasteiger partial charge in [0.25, 0.3) is 5.56 Å². The number of nitrogens with zero attached hydrogens (tertiary/aromatic N) is 3. The van der Waals surface area contributed by atoms with E-state index in [-0.39, 0.29) is 11.6 Å². The molecule has 0 aliphatic rings. The summed E-state index contributed by atoms with van der Waals surface area (Å²) in [7, 11) is 3.87. The minimum Gasteiger partial charge on any atom is -0.311 e. The topological polar surface area (TPSA) is 38.1 Å². The number of benzene rings is 1. The van der Waals surface area contributed by atoms with E-state index in [1.54, 1.807) is 10.8 Å². The molecular formula is C19H21N3O. The Hall–Kier alpha value is -2.46. The van der Waals surface area contributed by atoms with Crippen LogP contribution in [0.25, 0.3) is 10.9 Å². The van der Waals surface area contributed by atoms with Gasteiger partial charge >= 0.3 is 0 Å². The highest BCUT2D eigenvalue weighted by atomic mass is 16.1. The number of pyridine rings is 2. The Morgan fingerprint density at radius 2 is 2.00 bits per heavy atom. The second-order valence-corrected chi connectivity index (χ2v) is 5.97. The highest BCUT2D eigenvalue weighted by molar-refractivity contribution is 5.79. The summed E-state index contributed by atoms with van der Waals surface area (Å²) in [5, 5.41) is 1.09. The van der Waals surface area contributed by atoms with E-state index in [0.717, 1.165) is 22.0 Å². The lowest BCUT2D eigenvalue weighted by Crippen LogP contribution is -2.28. The molecule has 0 saturated carbocycles. The molecule has 0 amide bonds. The van der Waals surface area contributed by atoms with Crippen LogP contribution in [-0.4, -0.2) is 21.5 Å². The van der Waals surface area contributed by atoms with E-state index in [1.807, 2.05) is 56.7 Å². The second kappa shape index (κ2) is 6.34. The van der Waals surface area contributed by atoms with Crippen LogP contribution in [-0.2, 0) is 13.6 Å². The van der Waals surface area contributed by atoms with Crippen LogP contribution >= 0.6 is 0 Å². The molecule has 0 aliphatic heterocycles. The molecule has 23 heavy (non-hydrogen) atoms. The quantitative estimate of drug-likeness (QED) is 0.743. The lowest BCUT2D eigenvalue weighted by molar-refractivity contribution is 0.251. The third-order valence-corrected chi connectivity index (χ3v) is 4.45. The second-order valence-electron chi connectivity index (χ2n) is 5.97. The maximum atomic E-state index is 12.6. The third kappa shape index (κ3) is 3.03. The summed E-state index contributed by atoms with van der Waals surface area (Å²) in [6, 6.07) is 14.2. The minimum absolute atomic E-state index is 0.0638. The number of hydrogen-bond acceptors (Lipinski definition) is 3. The van der Waals surface area contributed by atoms with Gasteiger partial charge in [0.05, 0.1) is 5.52 Å². The smallest absolute Gasteiger partial charge is 0.255 e. The van der Waals surface area contributed by atoms with Gasteiger partial charge in [-0.3, -0.25) is 14.7 Å². The first-order chi connectivity index (χ1) is 11.1. The van der Waals surface area contributed by atoms with Gasteiger partial charge in [0.2, 0.25) is 0 Å². The van der Waals surface area contributed by atoms with Gasteiger partial charge < -0.3 is 4.57 Å². The van der Waals surface area contributed by atoms with Gasteiger partial charge in [-0.1, -0.05) is 24.3 Å². The summed E-state index contributed by atoms with van der Waals surface area (Å²) in [6.45, 7) is 2.73. The summed E-state index contributed by atoms with van der Waals surface area (Å²) >= 11 is 0. The zero-order chi connectivity index (χ0) is 16.4. The van der Waals surface area contributed by atoms with E-state index in [9.17, 15) is 4.79 Å². The largest absolute Gasteiger partial charge is 0.311 e. The summed E-state index contributed by atoms with van der Waals surface area (Å²) < 4.78 is 1.73. The van der Waals surface area contributed by atoms with Crippen LogP contribution in [0.5, 0.6) is 0 Å². The number of aromatic nitrogens is 2. The minimum atomic E-state index is 0.0638. The molecule has 2 aromatic heterocycles. The van der Waals surface area contributed by atoms with Gasteiger partial charge in [-0.05, 0) is 43.1 Å².